The third kappa shape index (κ3) is 8.04. The molecule has 198 valence electrons. The molecule has 2 aromatic rings. The SMILES string of the molecule is CCCNC(=O)C(C)N(Cc1c(Cl)cccc1Cl)C(=O)CCCN(c1ccc(F)c(F)c1)S(C)(=O)=O. The van der Waals surface area contributed by atoms with Crippen LogP contribution in [0, 0.1) is 11.6 Å². The van der Waals surface area contributed by atoms with Crippen molar-refractivity contribution in [3.63, 3.8) is 0 Å². The molecule has 1 atom stereocenters. The van der Waals surface area contributed by atoms with Crippen LogP contribution in [0.1, 0.15) is 38.7 Å². The van der Waals surface area contributed by atoms with E-state index in [9.17, 15) is 26.8 Å². The normalized spacial score (nSPS) is 12.2. The van der Waals surface area contributed by atoms with E-state index < -0.39 is 33.6 Å². The van der Waals surface area contributed by atoms with Crippen molar-refractivity contribution in [1.29, 1.82) is 0 Å². The summed E-state index contributed by atoms with van der Waals surface area (Å²) < 4.78 is 52.5. The van der Waals surface area contributed by atoms with Gasteiger partial charge in [-0.1, -0.05) is 36.2 Å². The van der Waals surface area contributed by atoms with Crippen LogP contribution in [0.25, 0.3) is 0 Å². The van der Waals surface area contributed by atoms with Crippen molar-refractivity contribution in [2.45, 2.75) is 45.7 Å². The lowest BCUT2D eigenvalue weighted by Gasteiger charge is -2.30. The van der Waals surface area contributed by atoms with Crippen LogP contribution in [0.15, 0.2) is 36.4 Å². The number of nitrogens with one attached hydrogen (secondary N) is 1. The average molecular weight is 564 g/mol. The molecule has 0 aliphatic carbocycles. The molecule has 1 N–H and O–H groups in total. The lowest BCUT2D eigenvalue weighted by Crippen LogP contribution is -2.48. The number of benzene rings is 2. The molecule has 0 spiro atoms. The average Bonchev–Trinajstić information content (AvgIpc) is 2.80. The molecule has 0 aromatic heterocycles. The molecule has 0 saturated heterocycles. The van der Waals surface area contributed by atoms with Gasteiger partial charge in [0.25, 0.3) is 0 Å². The molecular weight excluding hydrogens is 535 g/mol. The summed E-state index contributed by atoms with van der Waals surface area (Å²) in [6, 6.07) is 6.82. The number of carbonyl (C=O) groups excluding carboxylic acids is 2. The lowest BCUT2D eigenvalue weighted by molar-refractivity contribution is -0.140. The first-order chi connectivity index (χ1) is 16.9. The Morgan fingerprint density at radius 1 is 1.08 bits per heavy atom. The first-order valence-electron chi connectivity index (χ1n) is 11.3. The van der Waals surface area contributed by atoms with Crippen LogP contribution >= 0.6 is 23.2 Å². The molecule has 1 unspecified atom stereocenters. The third-order valence-corrected chi connectivity index (χ3v) is 7.35. The Balaban J connectivity index is 2.22. The van der Waals surface area contributed by atoms with Crippen molar-refractivity contribution in [3.8, 4) is 0 Å². The number of carbonyl (C=O) groups is 2. The number of hydrogen-bond donors (Lipinski definition) is 1. The molecule has 2 rings (SSSR count). The molecule has 0 radical (unpaired) electrons. The van der Waals surface area contributed by atoms with Crippen LogP contribution in [0.3, 0.4) is 0 Å². The predicted molar refractivity (Wildman–Crippen MR) is 138 cm³/mol. The van der Waals surface area contributed by atoms with E-state index in [0.29, 0.717) is 28.6 Å². The summed E-state index contributed by atoms with van der Waals surface area (Å²) in [5.41, 5.74) is 0.416. The summed E-state index contributed by atoms with van der Waals surface area (Å²) in [5, 5.41) is 3.43. The summed E-state index contributed by atoms with van der Waals surface area (Å²) >= 11 is 12.6. The Labute approximate surface area is 220 Å². The maximum absolute atomic E-state index is 13.7. The predicted octanol–water partition coefficient (Wildman–Crippen LogP) is 4.76. The van der Waals surface area contributed by atoms with E-state index in [1.807, 2.05) is 6.92 Å². The fourth-order valence-corrected chi connectivity index (χ4v) is 4.95. The molecule has 0 bridgehead atoms. The van der Waals surface area contributed by atoms with Crippen LogP contribution in [0.2, 0.25) is 10.0 Å². The molecule has 2 amide bonds. The van der Waals surface area contributed by atoms with Gasteiger partial charge < -0.3 is 10.2 Å². The van der Waals surface area contributed by atoms with Gasteiger partial charge in [0.2, 0.25) is 21.8 Å². The minimum atomic E-state index is -3.85. The first kappa shape index (κ1) is 29.8. The zero-order valence-electron chi connectivity index (χ0n) is 20.2. The van der Waals surface area contributed by atoms with Gasteiger partial charge in [-0.25, -0.2) is 17.2 Å². The van der Waals surface area contributed by atoms with Gasteiger partial charge in [-0.3, -0.25) is 13.9 Å². The quantitative estimate of drug-likeness (QED) is 0.403. The molecule has 0 aliphatic rings. The second-order valence-corrected chi connectivity index (χ2v) is 10.9. The van der Waals surface area contributed by atoms with Gasteiger partial charge in [-0.05, 0) is 44.0 Å². The fourth-order valence-electron chi connectivity index (χ4n) is 3.48. The van der Waals surface area contributed by atoms with Crippen molar-refractivity contribution in [2.75, 3.05) is 23.7 Å². The van der Waals surface area contributed by atoms with Crippen LogP contribution in [0.4, 0.5) is 14.5 Å². The van der Waals surface area contributed by atoms with Gasteiger partial charge in [0.1, 0.15) is 6.04 Å². The van der Waals surface area contributed by atoms with Gasteiger partial charge in [-0.2, -0.15) is 0 Å². The number of anilines is 1. The summed E-state index contributed by atoms with van der Waals surface area (Å²) in [6.07, 6.45) is 1.58. The highest BCUT2D eigenvalue weighted by atomic mass is 35.5. The minimum absolute atomic E-state index is 0.0307. The number of rotatable bonds is 12. The van der Waals surface area contributed by atoms with E-state index >= 15 is 0 Å². The number of hydrogen-bond acceptors (Lipinski definition) is 4. The molecule has 36 heavy (non-hydrogen) atoms. The van der Waals surface area contributed by atoms with Crippen molar-refractivity contribution in [2.24, 2.45) is 0 Å². The first-order valence-corrected chi connectivity index (χ1v) is 13.9. The Hall–Kier alpha value is -2.43. The molecule has 0 saturated carbocycles. The standard InChI is InChI=1S/C24H29Cl2F2N3O4S/c1-4-12-29-24(33)16(2)30(15-18-19(25)7-5-8-20(18)26)23(32)9-6-13-31(36(3,34)35)17-10-11-21(27)22(28)14-17/h5,7-8,10-11,14,16H,4,6,9,12-13,15H2,1-3H3,(H,29,33). The monoisotopic (exact) mass is 563 g/mol. The van der Waals surface area contributed by atoms with Gasteiger partial charge in [0.05, 0.1) is 11.9 Å². The van der Waals surface area contributed by atoms with Crippen LogP contribution in [-0.2, 0) is 26.2 Å². The fraction of sp³-hybridized carbons (Fsp3) is 0.417. The Morgan fingerprint density at radius 3 is 2.28 bits per heavy atom. The number of amides is 2. The maximum Gasteiger partial charge on any atom is 0.242 e. The highest BCUT2D eigenvalue weighted by molar-refractivity contribution is 7.92. The van der Waals surface area contributed by atoms with E-state index in [1.165, 1.54) is 4.90 Å². The molecule has 7 nitrogen and oxygen atoms in total. The van der Waals surface area contributed by atoms with Gasteiger partial charge in [-0.15, -0.1) is 0 Å². The van der Waals surface area contributed by atoms with Crippen molar-refractivity contribution in [3.05, 3.63) is 63.6 Å². The summed E-state index contributed by atoms with van der Waals surface area (Å²) in [7, 11) is -3.85. The van der Waals surface area contributed by atoms with Crippen molar-refractivity contribution >= 4 is 50.7 Å². The maximum atomic E-state index is 13.7. The van der Waals surface area contributed by atoms with E-state index in [2.05, 4.69) is 5.32 Å². The second-order valence-electron chi connectivity index (χ2n) is 8.23. The molecular formula is C24H29Cl2F2N3O4S. The van der Waals surface area contributed by atoms with Gasteiger partial charge in [0.15, 0.2) is 11.6 Å². The molecule has 0 heterocycles. The second kappa shape index (κ2) is 13.2. The zero-order chi connectivity index (χ0) is 27.0. The van der Waals surface area contributed by atoms with E-state index in [1.54, 1.807) is 25.1 Å². The summed E-state index contributed by atoms with van der Waals surface area (Å²) in [5.74, 6) is -3.07. The Kier molecular flexibility index (Phi) is 10.9. The molecule has 0 aliphatic heterocycles. The minimum Gasteiger partial charge on any atom is -0.354 e. The molecule has 0 fully saturated rings. The van der Waals surface area contributed by atoms with Crippen LogP contribution in [0.5, 0.6) is 0 Å². The lowest BCUT2D eigenvalue weighted by atomic mass is 10.1. The zero-order valence-corrected chi connectivity index (χ0v) is 22.6. The van der Waals surface area contributed by atoms with E-state index in [-0.39, 0.29) is 37.5 Å². The van der Waals surface area contributed by atoms with Gasteiger partial charge in [0, 0.05) is 47.7 Å². The van der Waals surface area contributed by atoms with Crippen LogP contribution < -0.4 is 9.62 Å². The van der Waals surface area contributed by atoms with Gasteiger partial charge >= 0.3 is 0 Å². The summed E-state index contributed by atoms with van der Waals surface area (Å²) in [4.78, 5) is 27.2. The number of nitrogens with zero attached hydrogens (tertiary/aromatic N) is 2. The van der Waals surface area contributed by atoms with E-state index in [0.717, 1.165) is 28.8 Å². The highest BCUT2D eigenvalue weighted by Gasteiger charge is 2.28. The topological polar surface area (TPSA) is 86.8 Å². The number of halogens is 4. The van der Waals surface area contributed by atoms with E-state index in [4.69, 9.17) is 23.2 Å². The van der Waals surface area contributed by atoms with Crippen molar-refractivity contribution in [1.82, 2.24) is 10.2 Å². The van der Waals surface area contributed by atoms with Crippen molar-refractivity contribution < 1.29 is 26.8 Å². The molecule has 12 heteroatoms. The molecule has 2 aromatic carbocycles. The Morgan fingerprint density at radius 2 is 1.72 bits per heavy atom. The third-order valence-electron chi connectivity index (χ3n) is 5.45. The highest BCUT2D eigenvalue weighted by Crippen LogP contribution is 2.27. The number of sulfonamides is 1. The van der Waals surface area contributed by atoms with Crippen LogP contribution in [-0.4, -0.2) is 50.5 Å². The smallest absolute Gasteiger partial charge is 0.242 e. The summed E-state index contributed by atoms with van der Waals surface area (Å²) in [6.45, 7) is 3.73. The Bertz CT molecular complexity index is 1180. The largest absolute Gasteiger partial charge is 0.354 e.